The van der Waals surface area contributed by atoms with Crippen molar-refractivity contribution < 1.29 is 4.39 Å². The Morgan fingerprint density at radius 3 is 2.60 bits per heavy atom. The molecular weight excluding hydrogens is 307 g/mol. The fourth-order valence-electron chi connectivity index (χ4n) is 4.42. The Hall–Kier alpha value is -1.63. The third kappa shape index (κ3) is 4.32. The van der Waals surface area contributed by atoms with Gasteiger partial charge in [0, 0.05) is 5.39 Å². The summed E-state index contributed by atoms with van der Waals surface area (Å²) in [5.74, 6) is 1.30. The highest BCUT2D eigenvalue weighted by Crippen LogP contribution is 2.39. The summed E-state index contributed by atoms with van der Waals surface area (Å²) in [6.07, 6.45) is 13.8. The SMILES string of the molecule is C/C=C/CCc1ccc2c(F)c(C3CCC(CCC)CC3)ccc2c1. The van der Waals surface area contributed by atoms with Crippen molar-refractivity contribution in [2.24, 2.45) is 5.92 Å². The van der Waals surface area contributed by atoms with Crippen LogP contribution in [-0.2, 0) is 6.42 Å². The first kappa shape index (κ1) is 18.2. The van der Waals surface area contributed by atoms with Crippen molar-refractivity contribution >= 4 is 10.8 Å². The van der Waals surface area contributed by atoms with Crippen LogP contribution >= 0.6 is 0 Å². The van der Waals surface area contributed by atoms with Gasteiger partial charge >= 0.3 is 0 Å². The Morgan fingerprint density at radius 2 is 1.88 bits per heavy atom. The summed E-state index contributed by atoms with van der Waals surface area (Å²) in [5.41, 5.74) is 2.24. The number of hydrogen-bond acceptors (Lipinski definition) is 0. The molecule has 0 amide bonds. The van der Waals surface area contributed by atoms with Gasteiger partial charge in [0.1, 0.15) is 5.82 Å². The Kier molecular flexibility index (Phi) is 6.29. The predicted octanol–water partition coefficient (Wildman–Crippen LogP) is 7.56. The van der Waals surface area contributed by atoms with E-state index in [0.717, 1.165) is 47.9 Å². The van der Waals surface area contributed by atoms with Crippen LogP contribution in [0.2, 0.25) is 0 Å². The van der Waals surface area contributed by atoms with E-state index < -0.39 is 0 Å². The summed E-state index contributed by atoms with van der Waals surface area (Å²) in [5, 5.41) is 1.84. The quantitative estimate of drug-likeness (QED) is 0.477. The van der Waals surface area contributed by atoms with Crippen LogP contribution in [0.15, 0.2) is 42.5 Å². The Labute approximate surface area is 152 Å². The molecule has 2 aromatic rings. The molecule has 0 atom stereocenters. The van der Waals surface area contributed by atoms with Crippen molar-refractivity contribution in [3.63, 3.8) is 0 Å². The zero-order chi connectivity index (χ0) is 17.6. The zero-order valence-corrected chi connectivity index (χ0v) is 15.7. The minimum absolute atomic E-state index is 0.0245. The molecule has 0 bridgehead atoms. The molecule has 0 spiro atoms. The minimum atomic E-state index is 0.0245. The van der Waals surface area contributed by atoms with Crippen LogP contribution < -0.4 is 0 Å². The lowest BCUT2D eigenvalue weighted by Gasteiger charge is -2.29. The van der Waals surface area contributed by atoms with Crippen LogP contribution in [-0.4, -0.2) is 0 Å². The molecule has 3 rings (SSSR count). The number of rotatable bonds is 6. The summed E-state index contributed by atoms with van der Waals surface area (Å²) < 4.78 is 15.1. The Bertz CT molecular complexity index is 720. The first-order valence-corrected chi connectivity index (χ1v) is 10.0. The van der Waals surface area contributed by atoms with Crippen molar-refractivity contribution in [2.75, 3.05) is 0 Å². The van der Waals surface area contributed by atoms with Gasteiger partial charge in [-0.1, -0.05) is 62.2 Å². The van der Waals surface area contributed by atoms with E-state index in [4.69, 9.17) is 0 Å². The average Bonchev–Trinajstić information content (AvgIpc) is 2.63. The molecule has 0 nitrogen and oxygen atoms in total. The first-order valence-electron chi connectivity index (χ1n) is 10.0. The Morgan fingerprint density at radius 1 is 1.08 bits per heavy atom. The monoisotopic (exact) mass is 338 g/mol. The fourth-order valence-corrected chi connectivity index (χ4v) is 4.42. The van der Waals surface area contributed by atoms with E-state index in [0.29, 0.717) is 5.92 Å². The van der Waals surface area contributed by atoms with E-state index in [1.54, 1.807) is 0 Å². The van der Waals surface area contributed by atoms with Gasteiger partial charge in [-0.3, -0.25) is 0 Å². The maximum absolute atomic E-state index is 15.1. The van der Waals surface area contributed by atoms with Crippen LogP contribution in [0.25, 0.3) is 10.8 Å². The van der Waals surface area contributed by atoms with Crippen LogP contribution in [0, 0.1) is 11.7 Å². The molecule has 0 radical (unpaired) electrons. The van der Waals surface area contributed by atoms with Crippen molar-refractivity contribution in [2.45, 2.75) is 71.1 Å². The normalized spacial score (nSPS) is 21.2. The van der Waals surface area contributed by atoms with Gasteiger partial charge in [0.05, 0.1) is 0 Å². The second kappa shape index (κ2) is 8.65. The van der Waals surface area contributed by atoms with Crippen molar-refractivity contribution in [1.29, 1.82) is 0 Å². The number of hydrogen-bond donors (Lipinski definition) is 0. The Balaban J connectivity index is 1.77. The van der Waals surface area contributed by atoms with Gasteiger partial charge in [-0.2, -0.15) is 0 Å². The molecule has 1 heteroatoms. The highest BCUT2D eigenvalue weighted by Gasteiger charge is 2.24. The van der Waals surface area contributed by atoms with Gasteiger partial charge in [-0.05, 0) is 73.8 Å². The third-order valence-corrected chi connectivity index (χ3v) is 5.87. The topological polar surface area (TPSA) is 0 Å². The molecule has 134 valence electrons. The molecule has 0 saturated heterocycles. The lowest BCUT2D eigenvalue weighted by atomic mass is 9.77. The molecule has 0 aromatic heterocycles. The molecule has 25 heavy (non-hydrogen) atoms. The minimum Gasteiger partial charge on any atom is -0.206 e. The second-order valence-electron chi connectivity index (χ2n) is 7.64. The molecule has 1 fully saturated rings. The zero-order valence-electron chi connectivity index (χ0n) is 15.7. The maximum Gasteiger partial charge on any atom is 0.134 e. The molecular formula is C24H31F. The molecule has 1 aliphatic carbocycles. The molecule has 2 aromatic carbocycles. The van der Waals surface area contributed by atoms with Gasteiger partial charge in [-0.15, -0.1) is 0 Å². The standard InChI is InChI=1S/C24H31F/c1-3-5-6-8-19-11-15-23-21(17-19)14-16-22(24(23)25)20-12-9-18(7-4-2)10-13-20/h3,5,11,14-18,20H,4,6-10,12-13H2,1-2H3/b5-3+. The number of allylic oxidation sites excluding steroid dienone is 2. The summed E-state index contributed by atoms with van der Waals surface area (Å²) >= 11 is 0. The van der Waals surface area contributed by atoms with E-state index in [1.807, 2.05) is 13.0 Å². The lowest BCUT2D eigenvalue weighted by Crippen LogP contribution is -2.14. The van der Waals surface area contributed by atoms with E-state index in [1.165, 1.54) is 31.2 Å². The van der Waals surface area contributed by atoms with Crippen molar-refractivity contribution in [3.8, 4) is 0 Å². The summed E-state index contributed by atoms with van der Waals surface area (Å²) in [6, 6.07) is 10.4. The highest BCUT2D eigenvalue weighted by atomic mass is 19.1. The maximum atomic E-state index is 15.1. The largest absolute Gasteiger partial charge is 0.206 e. The molecule has 0 unspecified atom stereocenters. The smallest absolute Gasteiger partial charge is 0.134 e. The number of benzene rings is 2. The van der Waals surface area contributed by atoms with Crippen LogP contribution in [0.3, 0.4) is 0 Å². The molecule has 0 heterocycles. The second-order valence-corrected chi connectivity index (χ2v) is 7.64. The van der Waals surface area contributed by atoms with E-state index in [9.17, 15) is 0 Å². The summed E-state index contributed by atoms with van der Waals surface area (Å²) in [4.78, 5) is 0. The molecule has 0 aliphatic heterocycles. The molecule has 1 aliphatic rings. The first-order chi connectivity index (χ1) is 12.2. The lowest BCUT2D eigenvalue weighted by molar-refractivity contribution is 0.305. The van der Waals surface area contributed by atoms with Gasteiger partial charge in [0.2, 0.25) is 0 Å². The predicted molar refractivity (Wildman–Crippen MR) is 107 cm³/mol. The van der Waals surface area contributed by atoms with Crippen molar-refractivity contribution in [1.82, 2.24) is 0 Å². The number of halogens is 1. The number of fused-ring (bicyclic) bond motifs is 1. The average molecular weight is 339 g/mol. The van der Waals surface area contributed by atoms with E-state index in [-0.39, 0.29) is 5.82 Å². The van der Waals surface area contributed by atoms with Crippen molar-refractivity contribution in [3.05, 3.63) is 59.4 Å². The summed E-state index contributed by atoms with van der Waals surface area (Å²) in [6.45, 7) is 4.31. The van der Waals surface area contributed by atoms with E-state index >= 15 is 4.39 Å². The van der Waals surface area contributed by atoms with Crippen LogP contribution in [0.5, 0.6) is 0 Å². The number of aryl methyl sites for hydroxylation is 1. The highest BCUT2D eigenvalue weighted by molar-refractivity contribution is 5.84. The van der Waals surface area contributed by atoms with Gasteiger partial charge in [0.25, 0.3) is 0 Å². The summed E-state index contributed by atoms with van der Waals surface area (Å²) in [7, 11) is 0. The molecule has 0 N–H and O–H groups in total. The third-order valence-electron chi connectivity index (χ3n) is 5.87. The van der Waals surface area contributed by atoms with Crippen LogP contribution in [0.4, 0.5) is 4.39 Å². The van der Waals surface area contributed by atoms with Gasteiger partial charge in [-0.25, -0.2) is 4.39 Å². The van der Waals surface area contributed by atoms with Gasteiger partial charge < -0.3 is 0 Å². The molecule has 1 saturated carbocycles. The van der Waals surface area contributed by atoms with Crippen LogP contribution in [0.1, 0.15) is 75.8 Å². The van der Waals surface area contributed by atoms with E-state index in [2.05, 4.69) is 43.3 Å². The fraction of sp³-hybridized carbons (Fsp3) is 0.500. The van der Waals surface area contributed by atoms with Gasteiger partial charge in [0.15, 0.2) is 0 Å².